The molecule has 2 aromatic rings. The molecule has 0 saturated heterocycles. The van der Waals surface area contributed by atoms with Gasteiger partial charge in [-0.3, -0.25) is 18.7 Å². The van der Waals surface area contributed by atoms with Gasteiger partial charge >= 0.3 is 0 Å². The van der Waals surface area contributed by atoms with E-state index in [1.54, 1.807) is 51.1 Å². The van der Waals surface area contributed by atoms with E-state index < -0.39 is 28.5 Å². The molecule has 2 rings (SSSR count). The Morgan fingerprint density at radius 3 is 2.11 bits per heavy atom. The molecule has 0 spiro atoms. The first-order valence-corrected chi connectivity index (χ1v) is 14.0. The molecule has 0 unspecified atom stereocenters. The summed E-state index contributed by atoms with van der Waals surface area (Å²) < 4.78 is 26.3. The van der Waals surface area contributed by atoms with Gasteiger partial charge in [0, 0.05) is 33.8 Å². The van der Waals surface area contributed by atoms with E-state index in [0.29, 0.717) is 21.2 Å². The number of nitrogens with one attached hydrogen (secondary N) is 1. The van der Waals surface area contributed by atoms with Crippen molar-refractivity contribution < 1.29 is 22.8 Å². The average Bonchev–Trinajstić information content (AvgIpc) is 2.77. The molecule has 8 nitrogen and oxygen atoms in total. The van der Waals surface area contributed by atoms with Crippen molar-refractivity contribution >= 4 is 56.5 Å². The van der Waals surface area contributed by atoms with Crippen LogP contribution in [0.5, 0.6) is 0 Å². The molecule has 0 saturated carbocycles. The number of carbonyl (C=O) groups excluding carboxylic acids is 3. The van der Waals surface area contributed by atoms with Crippen LogP contribution in [0.3, 0.4) is 0 Å². The lowest BCUT2D eigenvalue weighted by atomic mass is 10.1. The molecule has 1 atom stereocenters. The van der Waals surface area contributed by atoms with E-state index >= 15 is 0 Å². The van der Waals surface area contributed by atoms with Gasteiger partial charge in [-0.15, -0.1) is 0 Å². The molecular weight excluding hydrogens is 525 g/mol. The monoisotopic (exact) mass is 555 g/mol. The summed E-state index contributed by atoms with van der Waals surface area (Å²) in [6.45, 7) is 6.03. The summed E-state index contributed by atoms with van der Waals surface area (Å²) >= 11 is 12.7. The largest absolute Gasteiger partial charge is 0.352 e. The summed E-state index contributed by atoms with van der Waals surface area (Å²) in [5.74, 6) is -1.26. The number of rotatable bonds is 11. The molecule has 0 aliphatic rings. The number of sulfonamides is 1. The molecule has 0 aromatic heterocycles. The van der Waals surface area contributed by atoms with Crippen molar-refractivity contribution in [2.45, 2.75) is 52.7 Å². The molecule has 196 valence electrons. The highest BCUT2D eigenvalue weighted by atomic mass is 35.5. The lowest BCUT2D eigenvalue weighted by Crippen LogP contribution is -2.53. The number of hydrogen-bond acceptors (Lipinski definition) is 5. The van der Waals surface area contributed by atoms with E-state index in [1.165, 1.54) is 24.0 Å². The van der Waals surface area contributed by atoms with Crippen LogP contribution in [0.2, 0.25) is 10.0 Å². The first-order valence-electron chi connectivity index (χ1n) is 11.4. The standard InChI is InChI=1S/C25H31Cl2N3O5S/c1-6-23(25(33)28-16(2)3)29(14-20-21(26)11-8-12-22(20)27)24(32)15-30(36(5,34)35)19-10-7-9-18(13-19)17(4)31/h7-13,16,23H,6,14-15H2,1-5H3,(H,28,33)/t23-/m1/s1. The second-order valence-corrected chi connectivity index (χ2v) is 11.4. The van der Waals surface area contributed by atoms with E-state index in [-0.39, 0.29) is 36.4 Å². The van der Waals surface area contributed by atoms with Gasteiger partial charge in [-0.05, 0) is 51.5 Å². The molecule has 0 aliphatic carbocycles. The van der Waals surface area contributed by atoms with Crippen LogP contribution < -0.4 is 9.62 Å². The van der Waals surface area contributed by atoms with Gasteiger partial charge in [0.1, 0.15) is 12.6 Å². The van der Waals surface area contributed by atoms with Crippen LogP contribution in [0.1, 0.15) is 50.0 Å². The fourth-order valence-corrected chi connectivity index (χ4v) is 5.01. The third-order valence-electron chi connectivity index (χ3n) is 5.43. The fourth-order valence-electron chi connectivity index (χ4n) is 3.65. The van der Waals surface area contributed by atoms with Crippen LogP contribution in [-0.4, -0.2) is 55.8 Å². The maximum Gasteiger partial charge on any atom is 0.244 e. The van der Waals surface area contributed by atoms with Gasteiger partial charge in [0.05, 0.1) is 11.9 Å². The van der Waals surface area contributed by atoms with Crippen LogP contribution in [0.15, 0.2) is 42.5 Å². The van der Waals surface area contributed by atoms with E-state index in [1.807, 2.05) is 0 Å². The molecule has 0 aliphatic heterocycles. The van der Waals surface area contributed by atoms with Crippen LogP contribution in [0.25, 0.3) is 0 Å². The first kappa shape index (κ1) is 29.6. The summed E-state index contributed by atoms with van der Waals surface area (Å²) in [7, 11) is -3.93. The summed E-state index contributed by atoms with van der Waals surface area (Å²) in [5, 5.41) is 3.44. The minimum atomic E-state index is -3.93. The van der Waals surface area contributed by atoms with Crippen molar-refractivity contribution in [2.24, 2.45) is 0 Å². The Bertz CT molecular complexity index is 1210. The Labute approximate surface area is 222 Å². The van der Waals surface area contributed by atoms with Crippen molar-refractivity contribution in [1.82, 2.24) is 10.2 Å². The van der Waals surface area contributed by atoms with Gasteiger partial charge in [0.15, 0.2) is 5.78 Å². The molecule has 0 radical (unpaired) electrons. The van der Waals surface area contributed by atoms with Crippen molar-refractivity contribution in [3.05, 3.63) is 63.6 Å². The van der Waals surface area contributed by atoms with Gasteiger partial charge in [-0.25, -0.2) is 8.42 Å². The molecule has 11 heteroatoms. The third kappa shape index (κ3) is 7.69. The zero-order chi connectivity index (χ0) is 27.2. The quantitative estimate of drug-likeness (QED) is 0.416. The van der Waals surface area contributed by atoms with Gasteiger partial charge in [-0.1, -0.05) is 48.3 Å². The number of amides is 2. The predicted octanol–water partition coefficient (Wildman–Crippen LogP) is 4.29. The minimum Gasteiger partial charge on any atom is -0.352 e. The summed E-state index contributed by atoms with van der Waals surface area (Å²) in [5.41, 5.74) is 0.902. The molecular formula is C25H31Cl2N3O5S. The highest BCUT2D eigenvalue weighted by Crippen LogP contribution is 2.28. The number of ketones is 1. The predicted molar refractivity (Wildman–Crippen MR) is 143 cm³/mol. The second-order valence-electron chi connectivity index (χ2n) is 8.69. The lowest BCUT2D eigenvalue weighted by Gasteiger charge is -2.33. The van der Waals surface area contributed by atoms with Crippen LogP contribution in [0.4, 0.5) is 5.69 Å². The van der Waals surface area contributed by atoms with E-state index in [4.69, 9.17) is 23.2 Å². The molecule has 2 amide bonds. The molecule has 0 heterocycles. The Hall–Kier alpha value is -2.62. The third-order valence-corrected chi connectivity index (χ3v) is 7.28. The smallest absolute Gasteiger partial charge is 0.244 e. The molecule has 0 bridgehead atoms. The van der Waals surface area contributed by atoms with E-state index in [2.05, 4.69) is 5.32 Å². The van der Waals surface area contributed by atoms with Gasteiger partial charge in [-0.2, -0.15) is 0 Å². The Kier molecular flexibility index (Phi) is 10.3. The first-order chi connectivity index (χ1) is 16.8. The molecule has 0 fully saturated rings. The number of carbonyl (C=O) groups is 3. The lowest BCUT2D eigenvalue weighted by molar-refractivity contribution is -0.140. The van der Waals surface area contributed by atoms with Crippen LogP contribution in [-0.2, 0) is 26.2 Å². The maximum atomic E-state index is 13.7. The minimum absolute atomic E-state index is 0.105. The van der Waals surface area contributed by atoms with Crippen molar-refractivity contribution in [3.8, 4) is 0 Å². The average molecular weight is 557 g/mol. The zero-order valence-corrected chi connectivity index (χ0v) is 23.2. The highest BCUT2D eigenvalue weighted by Gasteiger charge is 2.32. The number of Topliss-reactive ketones (excluding diaryl/α,β-unsaturated/α-hetero) is 1. The normalized spacial score (nSPS) is 12.2. The molecule has 2 aromatic carbocycles. The number of benzene rings is 2. The summed E-state index contributed by atoms with van der Waals surface area (Å²) in [6, 6.07) is 9.84. The van der Waals surface area contributed by atoms with E-state index in [9.17, 15) is 22.8 Å². The van der Waals surface area contributed by atoms with Gasteiger partial charge in [0.25, 0.3) is 0 Å². The van der Waals surface area contributed by atoms with Crippen LogP contribution in [0, 0.1) is 0 Å². The number of anilines is 1. The number of hydrogen-bond donors (Lipinski definition) is 1. The second kappa shape index (κ2) is 12.6. The Morgan fingerprint density at radius 1 is 1.03 bits per heavy atom. The van der Waals surface area contributed by atoms with E-state index in [0.717, 1.165) is 10.6 Å². The fraction of sp³-hybridized carbons (Fsp3) is 0.400. The SMILES string of the molecule is CC[C@H](C(=O)NC(C)C)N(Cc1c(Cl)cccc1Cl)C(=O)CN(c1cccc(C(C)=O)c1)S(C)(=O)=O. The van der Waals surface area contributed by atoms with Crippen LogP contribution >= 0.6 is 23.2 Å². The Balaban J connectivity index is 2.54. The zero-order valence-electron chi connectivity index (χ0n) is 20.9. The molecule has 1 N–H and O–H groups in total. The van der Waals surface area contributed by atoms with Crippen molar-refractivity contribution in [1.29, 1.82) is 0 Å². The highest BCUT2D eigenvalue weighted by molar-refractivity contribution is 7.92. The number of halogens is 2. The number of nitrogens with zero attached hydrogens (tertiary/aromatic N) is 2. The van der Waals surface area contributed by atoms with Crippen molar-refractivity contribution in [3.63, 3.8) is 0 Å². The topological polar surface area (TPSA) is 104 Å². The summed E-state index contributed by atoms with van der Waals surface area (Å²) in [6.07, 6.45) is 1.24. The van der Waals surface area contributed by atoms with Crippen molar-refractivity contribution in [2.75, 3.05) is 17.1 Å². The maximum absolute atomic E-state index is 13.7. The van der Waals surface area contributed by atoms with Gasteiger partial charge in [0.2, 0.25) is 21.8 Å². The van der Waals surface area contributed by atoms with Gasteiger partial charge < -0.3 is 10.2 Å². The molecule has 36 heavy (non-hydrogen) atoms. The Morgan fingerprint density at radius 2 is 1.61 bits per heavy atom. The summed E-state index contributed by atoms with van der Waals surface area (Å²) in [4.78, 5) is 39.9.